The van der Waals surface area contributed by atoms with Gasteiger partial charge in [-0.15, -0.1) is 0 Å². The van der Waals surface area contributed by atoms with Crippen LogP contribution in [0.3, 0.4) is 0 Å². The van der Waals surface area contributed by atoms with Gasteiger partial charge in [0.05, 0.1) is 6.61 Å². The molecule has 0 unspecified atom stereocenters. The zero-order valence-electron chi connectivity index (χ0n) is 22.3. The van der Waals surface area contributed by atoms with Gasteiger partial charge in [-0.05, 0) is 116 Å². The first-order chi connectivity index (χ1) is 18.9. The van der Waals surface area contributed by atoms with Crippen LogP contribution in [0.2, 0.25) is 5.02 Å². The second-order valence-electron chi connectivity index (χ2n) is 11.4. The average molecular weight is 543 g/mol. The highest BCUT2D eigenvalue weighted by molar-refractivity contribution is 6.30. The van der Waals surface area contributed by atoms with Crippen LogP contribution in [-0.2, 0) is 16.6 Å². The summed E-state index contributed by atoms with van der Waals surface area (Å²) in [6.45, 7) is 2.76. The van der Waals surface area contributed by atoms with Crippen molar-refractivity contribution >= 4 is 34.2 Å². The Morgan fingerprint density at radius 2 is 1.90 bits per heavy atom. The van der Waals surface area contributed by atoms with Crippen molar-refractivity contribution in [3.63, 3.8) is 0 Å². The predicted molar refractivity (Wildman–Crippen MR) is 157 cm³/mol. The van der Waals surface area contributed by atoms with Gasteiger partial charge in [0.2, 0.25) is 0 Å². The minimum Gasteiger partial charge on any atom is -0.493 e. The number of carboxylic acids is 1. The maximum absolute atomic E-state index is 12.6. The molecule has 202 valence electrons. The first-order valence-corrected chi connectivity index (χ1v) is 14.3. The summed E-state index contributed by atoms with van der Waals surface area (Å²) in [4.78, 5) is 15.9. The van der Waals surface area contributed by atoms with Crippen LogP contribution in [-0.4, -0.2) is 28.2 Å². The van der Waals surface area contributed by atoms with E-state index in [9.17, 15) is 9.90 Å². The number of H-pyrrole nitrogens is 1. The third-order valence-electron chi connectivity index (χ3n) is 9.14. The normalized spacial score (nSPS) is 24.1. The summed E-state index contributed by atoms with van der Waals surface area (Å²) in [5.74, 6) is 0.621. The van der Waals surface area contributed by atoms with Crippen molar-refractivity contribution in [2.24, 2.45) is 5.92 Å². The summed E-state index contributed by atoms with van der Waals surface area (Å²) in [6, 6.07) is 22.5. The summed E-state index contributed by atoms with van der Waals surface area (Å²) in [6.07, 6.45) is 7.86. The number of hydrogen-bond acceptors (Lipinski definition) is 3. The maximum Gasteiger partial charge on any atom is 0.329 e. The second-order valence-corrected chi connectivity index (χ2v) is 11.9. The largest absolute Gasteiger partial charge is 0.493 e. The maximum atomic E-state index is 12.6. The lowest BCUT2D eigenvalue weighted by molar-refractivity contribution is -0.144. The number of nitrogens with one attached hydrogen (secondary N) is 2. The van der Waals surface area contributed by atoms with Crippen LogP contribution >= 0.6 is 11.6 Å². The molecule has 1 spiro atoms. The van der Waals surface area contributed by atoms with Crippen molar-refractivity contribution in [3.05, 3.63) is 94.6 Å². The number of carbonyl (C=O) groups is 1. The Balaban J connectivity index is 1.18. The first-order valence-electron chi connectivity index (χ1n) is 13.9. The molecule has 0 bridgehead atoms. The molecule has 0 aliphatic heterocycles. The Bertz CT molecular complexity index is 1500. The van der Waals surface area contributed by atoms with Crippen LogP contribution in [0.1, 0.15) is 55.2 Å². The number of rotatable bonds is 8. The van der Waals surface area contributed by atoms with Gasteiger partial charge in [-0.2, -0.15) is 0 Å². The molecule has 39 heavy (non-hydrogen) atoms. The molecule has 0 saturated heterocycles. The molecule has 0 amide bonds. The Hall–Kier alpha value is -3.44. The minimum absolute atomic E-state index is 0.00277. The molecule has 6 heteroatoms. The van der Waals surface area contributed by atoms with E-state index >= 15 is 0 Å². The van der Waals surface area contributed by atoms with Gasteiger partial charge in [-0.3, -0.25) is 0 Å². The van der Waals surface area contributed by atoms with Crippen LogP contribution < -0.4 is 10.1 Å². The summed E-state index contributed by atoms with van der Waals surface area (Å²) in [7, 11) is 0. The van der Waals surface area contributed by atoms with E-state index in [0.717, 1.165) is 54.4 Å². The first kappa shape index (κ1) is 25.8. The van der Waals surface area contributed by atoms with Crippen LogP contribution in [0.4, 0.5) is 5.69 Å². The average Bonchev–Trinajstić information content (AvgIpc) is 3.51. The lowest BCUT2D eigenvalue weighted by atomic mass is 9.60. The van der Waals surface area contributed by atoms with Gasteiger partial charge in [0, 0.05) is 27.8 Å². The molecule has 1 aromatic heterocycles. The third kappa shape index (κ3) is 4.78. The number of aromatic amines is 1. The fourth-order valence-corrected chi connectivity index (χ4v) is 7.37. The molecule has 1 heterocycles. The van der Waals surface area contributed by atoms with Gasteiger partial charge in [0.15, 0.2) is 0 Å². The van der Waals surface area contributed by atoms with Crippen molar-refractivity contribution in [3.8, 4) is 5.75 Å². The van der Waals surface area contributed by atoms with Crippen molar-refractivity contribution in [1.82, 2.24) is 4.98 Å². The monoisotopic (exact) mass is 542 g/mol. The molecule has 1 atom stereocenters. The Kier molecular flexibility index (Phi) is 6.80. The highest BCUT2D eigenvalue weighted by Crippen LogP contribution is 2.55. The fraction of sp³-hybridized carbons (Fsp3) is 0.364. The molecule has 2 aliphatic rings. The Morgan fingerprint density at radius 1 is 1.08 bits per heavy atom. The second kappa shape index (κ2) is 10.3. The molecule has 0 radical (unpaired) electrons. The number of fused-ring (bicyclic) bond motifs is 3. The van der Waals surface area contributed by atoms with E-state index < -0.39 is 11.5 Å². The van der Waals surface area contributed by atoms with Crippen LogP contribution in [0.5, 0.6) is 5.75 Å². The summed E-state index contributed by atoms with van der Waals surface area (Å²) in [5.41, 5.74) is 4.89. The Morgan fingerprint density at radius 3 is 2.69 bits per heavy atom. The van der Waals surface area contributed by atoms with E-state index in [0.29, 0.717) is 30.4 Å². The Labute approximate surface area is 234 Å². The van der Waals surface area contributed by atoms with E-state index in [4.69, 9.17) is 16.3 Å². The van der Waals surface area contributed by atoms with Gasteiger partial charge in [0.25, 0.3) is 0 Å². The highest BCUT2D eigenvalue weighted by Gasteiger charge is 2.53. The summed E-state index contributed by atoms with van der Waals surface area (Å²) < 4.78 is 6.29. The van der Waals surface area contributed by atoms with E-state index in [1.807, 2.05) is 18.3 Å². The van der Waals surface area contributed by atoms with Gasteiger partial charge in [0.1, 0.15) is 11.3 Å². The topological polar surface area (TPSA) is 74.3 Å². The highest BCUT2D eigenvalue weighted by atomic mass is 35.5. The van der Waals surface area contributed by atoms with Crippen molar-refractivity contribution in [2.75, 3.05) is 11.9 Å². The quantitative estimate of drug-likeness (QED) is 0.198. The van der Waals surface area contributed by atoms with E-state index in [1.165, 1.54) is 16.7 Å². The van der Waals surface area contributed by atoms with E-state index in [1.54, 1.807) is 12.1 Å². The smallest absolute Gasteiger partial charge is 0.329 e. The zero-order valence-corrected chi connectivity index (χ0v) is 23.1. The SMILES string of the molecule is Cc1cc(OCCC[C@H]2Cc3ccccc3C23CCC(Nc2cccc(Cl)c2)(C(=O)O)CC3)c2cc[nH]c2c1. The molecule has 3 N–H and O–H groups in total. The number of anilines is 1. The predicted octanol–water partition coefficient (Wildman–Crippen LogP) is 7.91. The zero-order chi connectivity index (χ0) is 27.0. The van der Waals surface area contributed by atoms with Crippen LogP contribution in [0, 0.1) is 12.8 Å². The standard InChI is InChI=1S/C33H35ClN2O3/c1-22-18-29-27(11-16-35-29)30(19-22)39-17-5-7-24-20-23-6-2-3-10-28(23)32(24)12-14-33(15-13-32,31(37)38)36-26-9-4-8-25(34)21-26/h2-4,6,8-11,16,18-19,21,24,35-36H,5,7,12-15,17,20H2,1H3,(H,37,38)/t24-,32?,33?/m0/s1. The molecule has 1 fully saturated rings. The molecular formula is C33H35ClN2O3. The molecule has 1 saturated carbocycles. The molecule has 6 rings (SSSR count). The number of ether oxygens (including phenoxy) is 1. The van der Waals surface area contributed by atoms with Gasteiger partial charge in [-0.1, -0.05) is 41.9 Å². The number of aryl methyl sites for hydroxylation is 1. The van der Waals surface area contributed by atoms with E-state index in [2.05, 4.69) is 59.7 Å². The number of benzene rings is 3. The number of aromatic nitrogens is 1. The van der Waals surface area contributed by atoms with Crippen LogP contribution in [0.15, 0.2) is 72.9 Å². The number of carboxylic acid groups (broad SMARTS) is 1. The molecule has 2 aliphatic carbocycles. The van der Waals surface area contributed by atoms with E-state index in [-0.39, 0.29) is 5.41 Å². The summed E-state index contributed by atoms with van der Waals surface area (Å²) in [5, 5.41) is 15.4. The minimum atomic E-state index is -0.992. The molecular weight excluding hydrogens is 508 g/mol. The summed E-state index contributed by atoms with van der Waals surface area (Å²) >= 11 is 6.19. The third-order valence-corrected chi connectivity index (χ3v) is 9.38. The van der Waals surface area contributed by atoms with Crippen molar-refractivity contribution < 1.29 is 14.6 Å². The van der Waals surface area contributed by atoms with Gasteiger partial charge in [-0.25, -0.2) is 4.79 Å². The number of halogens is 1. The molecule has 5 nitrogen and oxygen atoms in total. The van der Waals surface area contributed by atoms with Crippen molar-refractivity contribution in [2.45, 2.75) is 62.8 Å². The fourth-order valence-electron chi connectivity index (χ4n) is 7.18. The molecule has 4 aromatic rings. The number of hydrogen-bond donors (Lipinski definition) is 3. The van der Waals surface area contributed by atoms with Crippen LogP contribution in [0.25, 0.3) is 10.9 Å². The van der Waals surface area contributed by atoms with Gasteiger partial charge >= 0.3 is 5.97 Å². The lowest BCUT2D eigenvalue weighted by Crippen LogP contribution is -2.53. The molecule has 3 aromatic carbocycles. The van der Waals surface area contributed by atoms with Gasteiger partial charge < -0.3 is 20.1 Å². The van der Waals surface area contributed by atoms with Crippen molar-refractivity contribution in [1.29, 1.82) is 0 Å². The lowest BCUT2D eigenvalue weighted by Gasteiger charge is -2.47. The number of aliphatic carboxylic acids is 1.